The van der Waals surface area contributed by atoms with E-state index in [9.17, 15) is 4.79 Å². The fraction of sp³-hybridized carbons (Fsp3) is 0.667. The molecule has 2 aliphatic rings. The molecule has 0 aromatic rings. The molecule has 1 atom stereocenters. The molecule has 60 valence electrons. The van der Waals surface area contributed by atoms with Gasteiger partial charge < -0.3 is 4.74 Å². The van der Waals surface area contributed by atoms with Crippen LogP contribution in [0.15, 0.2) is 12.2 Å². The lowest BCUT2D eigenvalue weighted by molar-refractivity contribution is -0.146. The molecular weight excluding hydrogens is 140 g/mol. The van der Waals surface area contributed by atoms with Crippen LogP contribution in [0.3, 0.4) is 0 Å². The van der Waals surface area contributed by atoms with Crippen molar-refractivity contribution in [3.8, 4) is 0 Å². The van der Waals surface area contributed by atoms with Gasteiger partial charge in [0.2, 0.25) is 0 Å². The summed E-state index contributed by atoms with van der Waals surface area (Å²) in [7, 11) is 0. The van der Waals surface area contributed by atoms with Crippen LogP contribution in [-0.2, 0) is 9.53 Å². The SMILES string of the molecule is CC(=O)OC1C=CCC12CC2. The van der Waals surface area contributed by atoms with Crippen LogP contribution in [0, 0.1) is 5.41 Å². The minimum atomic E-state index is -0.159. The van der Waals surface area contributed by atoms with E-state index in [1.54, 1.807) is 0 Å². The molecule has 0 aliphatic heterocycles. The third-order valence-electron chi connectivity index (χ3n) is 2.62. The van der Waals surface area contributed by atoms with Gasteiger partial charge in [0, 0.05) is 12.3 Å². The Bertz CT molecular complexity index is 214. The van der Waals surface area contributed by atoms with Crippen LogP contribution in [0.5, 0.6) is 0 Å². The van der Waals surface area contributed by atoms with E-state index in [4.69, 9.17) is 4.74 Å². The molecule has 2 rings (SSSR count). The lowest BCUT2D eigenvalue weighted by Gasteiger charge is -2.16. The molecule has 0 aromatic heterocycles. The number of allylic oxidation sites excluding steroid dienone is 1. The van der Waals surface area contributed by atoms with Crippen molar-refractivity contribution < 1.29 is 9.53 Å². The second-order valence-electron chi connectivity index (χ2n) is 3.52. The van der Waals surface area contributed by atoms with Crippen molar-refractivity contribution in [2.24, 2.45) is 5.41 Å². The van der Waals surface area contributed by atoms with Crippen molar-refractivity contribution in [1.29, 1.82) is 0 Å². The summed E-state index contributed by atoms with van der Waals surface area (Å²) in [4.78, 5) is 10.7. The third-order valence-corrected chi connectivity index (χ3v) is 2.62. The highest BCUT2D eigenvalue weighted by atomic mass is 16.5. The predicted octanol–water partition coefficient (Wildman–Crippen LogP) is 1.66. The second-order valence-corrected chi connectivity index (χ2v) is 3.52. The Morgan fingerprint density at radius 1 is 1.64 bits per heavy atom. The van der Waals surface area contributed by atoms with Crippen LogP contribution < -0.4 is 0 Å². The summed E-state index contributed by atoms with van der Waals surface area (Å²) in [5.74, 6) is -0.159. The summed E-state index contributed by atoms with van der Waals surface area (Å²) in [6.45, 7) is 1.47. The van der Waals surface area contributed by atoms with Gasteiger partial charge in [0.05, 0.1) is 0 Å². The zero-order valence-corrected chi connectivity index (χ0v) is 6.67. The molecule has 0 amide bonds. The average Bonchev–Trinajstić information content (AvgIpc) is 2.56. The number of carbonyl (C=O) groups is 1. The molecule has 2 nitrogen and oxygen atoms in total. The third kappa shape index (κ3) is 1.06. The average molecular weight is 152 g/mol. The molecule has 1 unspecified atom stereocenters. The molecule has 0 aromatic carbocycles. The molecule has 11 heavy (non-hydrogen) atoms. The molecule has 0 heterocycles. The number of esters is 1. The van der Waals surface area contributed by atoms with Crippen LogP contribution in [0.2, 0.25) is 0 Å². The van der Waals surface area contributed by atoms with E-state index in [0.29, 0.717) is 5.41 Å². The highest BCUT2D eigenvalue weighted by molar-refractivity contribution is 5.66. The van der Waals surface area contributed by atoms with E-state index in [1.807, 2.05) is 6.08 Å². The molecular formula is C9H12O2. The standard InChI is InChI=1S/C9H12O2/c1-7(10)11-8-3-2-4-9(8)5-6-9/h2-3,8H,4-6H2,1H3. The van der Waals surface area contributed by atoms with Gasteiger partial charge in [0.25, 0.3) is 0 Å². The minimum absolute atomic E-state index is 0.0833. The lowest BCUT2D eigenvalue weighted by Crippen LogP contribution is -2.21. The maximum absolute atomic E-state index is 10.7. The Morgan fingerprint density at radius 2 is 2.36 bits per heavy atom. The second kappa shape index (κ2) is 2.10. The van der Waals surface area contributed by atoms with E-state index in [2.05, 4.69) is 6.08 Å². The van der Waals surface area contributed by atoms with Gasteiger partial charge >= 0.3 is 5.97 Å². The largest absolute Gasteiger partial charge is 0.458 e. The van der Waals surface area contributed by atoms with E-state index in [1.165, 1.54) is 19.8 Å². The first-order valence-electron chi connectivity index (χ1n) is 4.07. The normalized spacial score (nSPS) is 30.8. The topological polar surface area (TPSA) is 26.3 Å². The van der Waals surface area contributed by atoms with Crippen molar-refractivity contribution in [3.05, 3.63) is 12.2 Å². The summed E-state index contributed by atoms with van der Waals surface area (Å²) in [5.41, 5.74) is 0.339. The Balaban J connectivity index is 2.02. The molecule has 0 saturated heterocycles. The molecule has 0 bridgehead atoms. The highest BCUT2D eigenvalue weighted by Crippen LogP contribution is 2.56. The number of carbonyl (C=O) groups excluding carboxylic acids is 1. The van der Waals surface area contributed by atoms with Gasteiger partial charge in [0.1, 0.15) is 6.10 Å². The molecule has 0 N–H and O–H groups in total. The van der Waals surface area contributed by atoms with E-state index < -0.39 is 0 Å². The van der Waals surface area contributed by atoms with Crippen LogP contribution in [0.4, 0.5) is 0 Å². The zero-order chi connectivity index (χ0) is 7.90. The Labute approximate surface area is 66.2 Å². The van der Waals surface area contributed by atoms with Crippen LogP contribution in [0.1, 0.15) is 26.2 Å². The molecule has 2 aliphatic carbocycles. The maximum Gasteiger partial charge on any atom is 0.303 e. The van der Waals surface area contributed by atoms with E-state index in [0.717, 1.165) is 6.42 Å². The lowest BCUT2D eigenvalue weighted by atomic mass is 10.0. The monoisotopic (exact) mass is 152 g/mol. The predicted molar refractivity (Wildman–Crippen MR) is 41.0 cm³/mol. The van der Waals surface area contributed by atoms with Gasteiger partial charge in [-0.15, -0.1) is 0 Å². The molecule has 1 fully saturated rings. The minimum Gasteiger partial charge on any atom is -0.458 e. The van der Waals surface area contributed by atoms with Crippen molar-refractivity contribution in [2.45, 2.75) is 32.3 Å². The van der Waals surface area contributed by atoms with Gasteiger partial charge in [-0.05, 0) is 25.3 Å². The van der Waals surface area contributed by atoms with Gasteiger partial charge in [0.15, 0.2) is 0 Å². The van der Waals surface area contributed by atoms with Crippen molar-refractivity contribution >= 4 is 5.97 Å². The van der Waals surface area contributed by atoms with Crippen LogP contribution >= 0.6 is 0 Å². The van der Waals surface area contributed by atoms with E-state index >= 15 is 0 Å². The summed E-state index contributed by atoms with van der Waals surface area (Å²) in [6.07, 6.45) is 7.77. The Hall–Kier alpha value is -0.790. The Kier molecular flexibility index (Phi) is 1.31. The van der Waals surface area contributed by atoms with Gasteiger partial charge in [-0.1, -0.05) is 6.08 Å². The van der Waals surface area contributed by atoms with Gasteiger partial charge in [-0.25, -0.2) is 0 Å². The molecule has 1 spiro atoms. The first-order chi connectivity index (χ1) is 5.23. The summed E-state index contributed by atoms with van der Waals surface area (Å²) < 4.78 is 5.16. The zero-order valence-electron chi connectivity index (χ0n) is 6.67. The van der Waals surface area contributed by atoms with E-state index in [-0.39, 0.29) is 12.1 Å². The maximum atomic E-state index is 10.7. The molecule has 0 radical (unpaired) electrons. The smallest absolute Gasteiger partial charge is 0.303 e. The van der Waals surface area contributed by atoms with Gasteiger partial charge in [-0.2, -0.15) is 0 Å². The summed E-state index contributed by atoms with van der Waals surface area (Å²) >= 11 is 0. The fourth-order valence-electron chi connectivity index (χ4n) is 1.74. The van der Waals surface area contributed by atoms with Crippen molar-refractivity contribution in [1.82, 2.24) is 0 Å². The number of ether oxygens (including phenoxy) is 1. The van der Waals surface area contributed by atoms with Crippen LogP contribution in [-0.4, -0.2) is 12.1 Å². The summed E-state index contributed by atoms with van der Waals surface area (Å²) in [6, 6.07) is 0. The first-order valence-corrected chi connectivity index (χ1v) is 4.07. The van der Waals surface area contributed by atoms with Gasteiger partial charge in [-0.3, -0.25) is 4.79 Å². The van der Waals surface area contributed by atoms with Crippen molar-refractivity contribution in [2.75, 3.05) is 0 Å². The number of rotatable bonds is 1. The Morgan fingerprint density at radius 3 is 2.91 bits per heavy atom. The fourth-order valence-corrected chi connectivity index (χ4v) is 1.74. The summed E-state index contributed by atoms with van der Waals surface area (Å²) in [5, 5.41) is 0. The molecule has 2 heteroatoms. The quantitative estimate of drug-likeness (QED) is 0.422. The number of hydrogen-bond acceptors (Lipinski definition) is 2. The molecule has 1 saturated carbocycles. The highest BCUT2D eigenvalue weighted by Gasteiger charge is 2.51. The van der Waals surface area contributed by atoms with Crippen molar-refractivity contribution in [3.63, 3.8) is 0 Å². The first kappa shape index (κ1) is 6.89. The number of hydrogen-bond donors (Lipinski definition) is 0. The van der Waals surface area contributed by atoms with Crippen LogP contribution in [0.25, 0.3) is 0 Å².